The van der Waals surface area contributed by atoms with Gasteiger partial charge in [-0.15, -0.1) is 6.42 Å². The zero-order chi connectivity index (χ0) is 14.5. The molecule has 0 aliphatic heterocycles. The number of aliphatic carboxylic acids is 1. The van der Waals surface area contributed by atoms with Crippen molar-refractivity contribution in [3.8, 4) is 12.3 Å². The third-order valence-corrected chi connectivity index (χ3v) is 3.55. The summed E-state index contributed by atoms with van der Waals surface area (Å²) in [6.45, 7) is 1.38. The predicted molar refractivity (Wildman–Crippen MR) is 81.9 cm³/mol. The summed E-state index contributed by atoms with van der Waals surface area (Å²) in [5, 5.41) is 9.30. The molecule has 0 unspecified atom stereocenters. The van der Waals surface area contributed by atoms with Crippen LogP contribution in [0.1, 0.15) is 18.4 Å². The maximum absolute atomic E-state index is 10.7. The Bertz CT molecular complexity index is 570. The molecule has 0 amide bonds. The van der Waals surface area contributed by atoms with Gasteiger partial charge < -0.3 is 10.0 Å². The third-order valence-electron chi connectivity index (χ3n) is 3.22. The van der Waals surface area contributed by atoms with Gasteiger partial charge in [0, 0.05) is 28.9 Å². The van der Waals surface area contributed by atoms with Crippen molar-refractivity contribution in [3.05, 3.63) is 34.9 Å². The minimum atomic E-state index is -0.999. The lowest BCUT2D eigenvalue weighted by atomic mass is 10.1. The van der Waals surface area contributed by atoms with Crippen LogP contribution in [0.2, 0.25) is 5.02 Å². The van der Waals surface area contributed by atoms with Crippen LogP contribution in [0.3, 0.4) is 0 Å². The lowest BCUT2D eigenvalue weighted by Crippen LogP contribution is -2.26. The summed E-state index contributed by atoms with van der Waals surface area (Å²) < 4.78 is 0. The van der Waals surface area contributed by atoms with Crippen LogP contribution < -0.4 is 4.90 Å². The lowest BCUT2D eigenvalue weighted by molar-refractivity contribution is -0.131. The molecule has 0 spiro atoms. The molecule has 0 heterocycles. The van der Waals surface area contributed by atoms with Crippen molar-refractivity contribution >= 4 is 29.3 Å². The highest BCUT2D eigenvalue weighted by Crippen LogP contribution is 2.34. The predicted octanol–water partition coefficient (Wildman–Crippen LogP) is 3.29. The Morgan fingerprint density at radius 2 is 2.30 bits per heavy atom. The van der Waals surface area contributed by atoms with Crippen LogP contribution >= 0.6 is 11.6 Å². The maximum atomic E-state index is 10.7. The van der Waals surface area contributed by atoms with Crippen LogP contribution in [-0.4, -0.2) is 24.2 Å². The topological polar surface area (TPSA) is 40.5 Å². The van der Waals surface area contributed by atoms with Crippen molar-refractivity contribution in [3.63, 3.8) is 0 Å². The highest BCUT2D eigenvalue weighted by atomic mass is 35.5. The summed E-state index contributed by atoms with van der Waals surface area (Å²) >= 11 is 6.19. The zero-order valence-electron chi connectivity index (χ0n) is 11.1. The molecule has 0 aromatic heterocycles. The van der Waals surface area contributed by atoms with E-state index in [0.717, 1.165) is 18.3 Å². The van der Waals surface area contributed by atoms with E-state index in [2.05, 4.69) is 10.8 Å². The average Bonchev–Trinajstić information content (AvgIpc) is 3.20. The van der Waals surface area contributed by atoms with Gasteiger partial charge in [0.2, 0.25) is 0 Å². The van der Waals surface area contributed by atoms with E-state index >= 15 is 0 Å². The first-order valence-corrected chi connectivity index (χ1v) is 6.87. The smallest absolute Gasteiger partial charge is 0.328 e. The highest BCUT2D eigenvalue weighted by Gasteiger charge is 2.25. The number of hydrogen-bond donors (Lipinski definition) is 1. The van der Waals surface area contributed by atoms with E-state index in [9.17, 15) is 4.79 Å². The minimum absolute atomic E-state index is 0.491. The van der Waals surface area contributed by atoms with E-state index in [-0.39, 0.29) is 0 Å². The van der Waals surface area contributed by atoms with E-state index in [1.54, 1.807) is 6.07 Å². The molecule has 0 atom stereocenters. The number of halogens is 1. The first kappa shape index (κ1) is 14.5. The molecule has 1 fully saturated rings. The number of nitrogens with zero attached hydrogens (tertiary/aromatic N) is 1. The number of carboxylic acid groups (broad SMARTS) is 1. The Labute approximate surface area is 123 Å². The van der Waals surface area contributed by atoms with E-state index in [4.69, 9.17) is 23.1 Å². The largest absolute Gasteiger partial charge is 0.478 e. The molecule has 0 radical (unpaired) electrons. The van der Waals surface area contributed by atoms with Crippen LogP contribution in [0, 0.1) is 18.3 Å². The number of hydrogen-bond acceptors (Lipinski definition) is 2. The summed E-state index contributed by atoms with van der Waals surface area (Å²) in [6, 6.07) is 5.52. The maximum Gasteiger partial charge on any atom is 0.328 e. The Morgan fingerprint density at radius 3 is 2.90 bits per heavy atom. The molecular formula is C16H16ClNO2. The standard InChI is InChI=1S/C16H16ClNO2/c1-2-10-18(11-12-6-7-12)15-5-3-4-14(17)13(15)8-9-16(19)20/h1,3-5,8-9,12H,6-7,10-11H2,(H,19,20)/b9-8+. The average molecular weight is 290 g/mol. The number of anilines is 1. The van der Waals surface area contributed by atoms with Crippen molar-refractivity contribution in [2.24, 2.45) is 5.92 Å². The Morgan fingerprint density at radius 1 is 1.55 bits per heavy atom. The van der Waals surface area contributed by atoms with Crippen LogP contribution in [0.4, 0.5) is 5.69 Å². The monoisotopic (exact) mass is 289 g/mol. The quantitative estimate of drug-likeness (QED) is 0.645. The lowest BCUT2D eigenvalue weighted by Gasteiger charge is -2.24. The van der Waals surface area contributed by atoms with Gasteiger partial charge in [-0.1, -0.05) is 23.6 Å². The molecule has 1 aliphatic rings. The van der Waals surface area contributed by atoms with E-state index < -0.39 is 5.97 Å². The van der Waals surface area contributed by atoms with Crippen molar-refractivity contribution in [2.45, 2.75) is 12.8 Å². The number of terminal acetylenes is 1. The van der Waals surface area contributed by atoms with Crippen molar-refractivity contribution in [1.82, 2.24) is 0 Å². The van der Waals surface area contributed by atoms with Crippen LogP contribution in [0.5, 0.6) is 0 Å². The molecule has 0 saturated heterocycles. The number of rotatable bonds is 6. The molecule has 104 valence electrons. The van der Waals surface area contributed by atoms with Gasteiger partial charge >= 0.3 is 5.97 Å². The molecule has 1 aliphatic carbocycles. The summed E-state index contributed by atoms with van der Waals surface area (Å²) in [4.78, 5) is 12.8. The van der Waals surface area contributed by atoms with Crippen molar-refractivity contribution < 1.29 is 9.90 Å². The van der Waals surface area contributed by atoms with Gasteiger partial charge in [-0.3, -0.25) is 0 Å². The molecular weight excluding hydrogens is 274 g/mol. The Balaban J connectivity index is 2.34. The second-order valence-electron chi connectivity index (χ2n) is 4.87. The van der Waals surface area contributed by atoms with Crippen molar-refractivity contribution in [1.29, 1.82) is 0 Å². The van der Waals surface area contributed by atoms with Crippen LogP contribution in [0.15, 0.2) is 24.3 Å². The van der Waals surface area contributed by atoms with Crippen LogP contribution in [0.25, 0.3) is 6.08 Å². The van der Waals surface area contributed by atoms with E-state index in [0.29, 0.717) is 23.0 Å². The fraction of sp³-hybridized carbons (Fsp3) is 0.312. The van der Waals surface area contributed by atoms with Gasteiger partial charge in [0.1, 0.15) is 0 Å². The highest BCUT2D eigenvalue weighted by molar-refractivity contribution is 6.32. The third kappa shape index (κ3) is 3.79. The molecule has 0 bridgehead atoms. The van der Waals surface area contributed by atoms with Gasteiger partial charge in [0.15, 0.2) is 0 Å². The summed E-state index contributed by atoms with van der Waals surface area (Å²) in [5.41, 5.74) is 1.59. The number of carbonyl (C=O) groups is 1. The first-order chi connectivity index (χ1) is 9.61. The van der Waals surface area contributed by atoms with E-state index in [1.165, 1.54) is 18.9 Å². The second-order valence-corrected chi connectivity index (χ2v) is 5.28. The zero-order valence-corrected chi connectivity index (χ0v) is 11.8. The number of benzene rings is 1. The molecule has 1 N–H and O–H groups in total. The van der Waals surface area contributed by atoms with Gasteiger partial charge in [-0.2, -0.15) is 0 Å². The Hall–Kier alpha value is -1.92. The molecule has 1 aromatic carbocycles. The Kier molecular flexibility index (Phi) is 4.70. The van der Waals surface area contributed by atoms with E-state index in [1.807, 2.05) is 12.1 Å². The van der Waals surface area contributed by atoms with Crippen LogP contribution in [-0.2, 0) is 4.79 Å². The summed E-state index contributed by atoms with van der Waals surface area (Å²) in [7, 11) is 0. The number of carboxylic acids is 1. The summed E-state index contributed by atoms with van der Waals surface area (Å²) in [5.74, 6) is 2.33. The van der Waals surface area contributed by atoms with Gasteiger partial charge in [0.05, 0.1) is 6.54 Å². The molecule has 4 heteroatoms. The fourth-order valence-corrected chi connectivity index (χ4v) is 2.32. The minimum Gasteiger partial charge on any atom is -0.478 e. The van der Waals surface area contributed by atoms with Gasteiger partial charge in [-0.05, 0) is 37.0 Å². The fourth-order valence-electron chi connectivity index (χ4n) is 2.09. The molecule has 1 aromatic rings. The van der Waals surface area contributed by atoms with Gasteiger partial charge in [-0.25, -0.2) is 4.79 Å². The molecule has 2 rings (SSSR count). The summed E-state index contributed by atoms with van der Waals surface area (Å²) in [6.07, 6.45) is 10.5. The van der Waals surface area contributed by atoms with Gasteiger partial charge in [0.25, 0.3) is 0 Å². The molecule has 1 saturated carbocycles. The van der Waals surface area contributed by atoms with Crippen molar-refractivity contribution in [2.75, 3.05) is 18.0 Å². The second kappa shape index (κ2) is 6.49. The SMILES string of the molecule is C#CCN(CC1CC1)c1cccc(Cl)c1/C=C/C(=O)O. The molecule has 20 heavy (non-hydrogen) atoms. The molecule has 3 nitrogen and oxygen atoms in total. The first-order valence-electron chi connectivity index (χ1n) is 6.49. The normalized spacial score (nSPS) is 14.2.